The minimum absolute atomic E-state index is 0.161. The Morgan fingerprint density at radius 1 is 1.09 bits per heavy atom. The van der Waals surface area contributed by atoms with Crippen molar-refractivity contribution in [1.29, 1.82) is 0 Å². The molecule has 22 heavy (non-hydrogen) atoms. The Morgan fingerprint density at radius 2 is 1.86 bits per heavy atom. The average Bonchev–Trinajstić information content (AvgIpc) is 3.04. The minimum Gasteiger partial charge on any atom is -0.397 e. The molecule has 110 valence electrons. The number of rotatable bonds is 3. The first-order chi connectivity index (χ1) is 10.6. The predicted octanol–water partition coefficient (Wildman–Crippen LogP) is 4.85. The van der Waals surface area contributed by atoms with Gasteiger partial charge in [0.15, 0.2) is 0 Å². The SMILES string of the molecule is Nc1ccc(-c2cccs2)cc1NC(=O)c1ccc(I)cc1. The highest BCUT2D eigenvalue weighted by atomic mass is 127. The standard InChI is InChI=1S/C17H13IN2OS/c18-13-6-3-11(4-7-13)17(21)20-15-10-12(5-8-14(15)19)16-2-1-9-22-16/h1-10H,19H2,(H,20,21). The molecule has 3 nitrogen and oxygen atoms in total. The lowest BCUT2D eigenvalue weighted by Gasteiger charge is -2.10. The van der Waals surface area contributed by atoms with Crippen molar-refractivity contribution >= 4 is 51.2 Å². The summed E-state index contributed by atoms with van der Waals surface area (Å²) in [6, 6.07) is 17.1. The average molecular weight is 420 g/mol. The Kier molecular flexibility index (Phi) is 4.44. The fourth-order valence-corrected chi connectivity index (χ4v) is 3.14. The number of anilines is 2. The summed E-state index contributed by atoms with van der Waals surface area (Å²) in [6.45, 7) is 0. The lowest BCUT2D eigenvalue weighted by Crippen LogP contribution is -2.13. The van der Waals surface area contributed by atoms with Crippen LogP contribution >= 0.6 is 33.9 Å². The zero-order chi connectivity index (χ0) is 15.5. The third kappa shape index (κ3) is 3.31. The van der Waals surface area contributed by atoms with E-state index in [2.05, 4.69) is 27.9 Å². The predicted molar refractivity (Wildman–Crippen MR) is 101 cm³/mol. The molecular formula is C17H13IN2OS. The van der Waals surface area contributed by atoms with Crippen molar-refractivity contribution in [2.75, 3.05) is 11.1 Å². The molecule has 2 aromatic carbocycles. The van der Waals surface area contributed by atoms with Crippen molar-refractivity contribution in [3.8, 4) is 10.4 Å². The molecule has 0 unspecified atom stereocenters. The van der Waals surface area contributed by atoms with Crippen molar-refractivity contribution in [2.24, 2.45) is 0 Å². The minimum atomic E-state index is -0.161. The third-order valence-corrected chi connectivity index (χ3v) is 4.85. The lowest BCUT2D eigenvalue weighted by molar-refractivity contribution is 0.102. The molecule has 0 fully saturated rings. The summed E-state index contributed by atoms with van der Waals surface area (Å²) in [4.78, 5) is 13.5. The first-order valence-electron chi connectivity index (χ1n) is 6.64. The van der Waals surface area contributed by atoms with Crippen LogP contribution in [-0.2, 0) is 0 Å². The maximum atomic E-state index is 12.3. The topological polar surface area (TPSA) is 55.1 Å². The Bertz CT molecular complexity index is 798. The summed E-state index contributed by atoms with van der Waals surface area (Å²) in [5.74, 6) is -0.161. The number of benzene rings is 2. The molecule has 0 spiro atoms. The number of carbonyl (C=O) groups excluding carboxylic acids is 1. The van der Waals surface area contributed by atoms with E-state index in [0.29, 0.717) is 16.9 Å². The van der Waals surface area contributed by atoms with Gasteiger partial charge in [-0.1, -0.05) is 12.1 Å². The van der Waals surface area contributed by atoms with Crippen LogP contribution in [0.15, 0.2) is 60.0 Å². The van der Waals surface area contributed by atoms with Crippen LogP contribution in [0.2, 0.25) is 0 Å². The van der Waals surface area contributed by atoms with Crippen molar-refractivity contribution in [3.63, 3.8) is 0 Å². The molecule has 0 bridgehead atoms. The number of nitrogens with one attached hydrogen (secondary N) is 1. The molecule has 0 radical (unpaired) electrons. The number of carbonyl (C=O) groups is 1. The van der Waals surface area contributed by atoms with Gasteiger partial charge >= 0.3 is 0 Å². The van der Waals surface area contributed by atoms with E-state index in [1.807, 2.05) is 47.8 Å². The van der Waals surface area contributed by atoms with Gasteiger partial charge in [-0.3, -0.25) is 4.79 Å². The molecule has 1 amide bonds. The van der Waals surface area contributed by atoms with Crippen LogP contribution in [0, 0.1) is 3.57 Å². The zero-order valence-corrected chi connectivity index (χ0v) is 14.5. The third-order valence-electron chi connectivity index (χ3n) is 3.21. The molecule has 3 rings (SSSR count). The van der Waals surface area contributed by atoms with Gasteiger partial charge in [-0.2, -0.15) is 0 Å². The van der Waals surface area contributed by atoms with E-state index in [-0.39, 0.29) is 5.91 Å². The summed E-state index contributed by atoms with van der Waals surface area (Å²) >= 11 is 3.86. The molecule has 0 saturated heterocycles. The first kappa shape index (κ1) is 15.1. The van der Waals surface area contributed by atoms with Gasteiger partial charge in [0.25, 0.3) is 5.91 Å². The van der Waals surface area contributed by atoms with E-state index in [4.69, 9.17) is 5.73 Å². The summed E-state index contributed by atoms with van der Waals surface area (Å²) in [7, 11) is 0. The molecule has 0 aliphatic rings. The van der Waals surface area contributed by atoms with Gasteiger partial charge in [0.2, 0.25) is 0 Å². The summed E-state index contributed by atoms with van der Waals surface area (Å²) in [6.07, 6.45) is 0. The molecular weight excluding hydrogens is 407 g/mol. The molecule has 0 aliphatic carbocycles. The number of amides is 1. The highest BCUT2D eigenvalue weighted by Gasteiger charge is 2.09. The van der Waals surface area contributed by atoms with Gasteiger partial charge in [0.05, 0.1) is 11.4 Å². The number of halogens is 1. The van der Waals surface area contributed by atoms with E-state index in [1.54, 1.807) is 23.5 Å². The van der Waals surface area contributed by atoms with Crippen LogP contribution in [0.3, 0.4) is 0 Å². The van der Waals surface area contributed by atoms with Gasteiger partial charge in [-0.15, -0.1) is 11.3 Å². The first-order valence-corrected chi connectivity index (χ1v) is 8.59. The molecule has 1 heterocycles. The second kappa shape index (κ2) is 6.50. The fourth-order valence-electron chi connectivity index (χ4n) is 2.06. The van der Waals surface area contributed by atoms with Crippen LogP contribution < -0.4 is 11.1 Å². The normalized spacial score (nSPS) is 10.4. The van der Waals surface area contributed by atoms with Crippen LogP contribution in [0.5, 0.6) is 0 Å². The van der Waals surface area contributed by atoms with Crippen LogP contribution in [0.1, 0.15) is 10.4 Å². The largest absolute Gasteiger partial charge is 0.397 e. The number of hydrogen-bond donors (Lipinski definition) is 2. The van der Waals surface area contributed by atoms with Crippen molar-refractivity contribution in [1.82, 2.24) is 0 Å². The van der Waals surface area contributed by atoms with Crippen LogP contribution in [0.4, 0.5) is 11.4 Å². The lowest BCUT2D eigenvalue weighted by atomic mass is 10.1. The van der Waals surface area contributed by atoms with Crippen LogP contribution in [0.25, 0.3) is 10.4 Å². The van der Waals surface area contributed by atoms with Gasteiger partial charge in [0.1, 0.15) is 0 Å². The highest BCUT2D eigenvalue weighted by Crippen LogP contribution is 2.30. The van der Waals surface area contributed by atoms with E-state index >= 15 is 0 Å². The number of nitrogen functional groups attached to an aromatic ring is 1. The van der Waals surface area contributed by atoms with E-state index in [0.717, 1.165) is 14.0 Å². The molecule has 0 saturated carbocycles. The van der Waals surface area contributed by atoms with Gasteiger partial charge in [-0.25, -0.2) is 0 Å². The Morgan fingerprint density at radius 3 is 2.55 bits per heavy atom. The maximum absolute atomic E-state index is 12.3. The van der Waals surface area contributed by atoms with E-state index in [9.17, 15) is 4.79 Å². The van der Waals surface area contributed by atoms with E-state index < -0.39 is 0 Å². The maximum Gasteiger partial charge on any atom is 0.255 e. The molecule has 0 aliphatic heterocycles. The molecule has 3 aromatic rings. The van der Waals surface area contributed by atoms with Crippen molar-refractivity contribution < 1.29 is 4.79 Å². The molecule has 3 N–H and O–H groups in total. The Balaban J connectivity index is 1.87. The van der Waals surface area contributed by atoms with Gasteiger partial charge in [0, 0.05) is 14.0 Å². The fraction of sp³-hybridized carbons (Fsp3) is 0. The van der Waals surface area contributed by atoms with Crippen molar-refractivity contribution in [2.45, 2.75) is 0 Å². The monoisotopic (exact) mass is 420 g/mol. The quantitative estimate of drug-likeness (QED) is 0.470. The second-order valence-electron chi connectivity index (χ2n) is 4.74. The Labute approximate surface area is 146 Å². The molecule has 1 aromatic heterocycles. The number of hydrogen-bond acceptors (Lipinski definition) is 3. The van der Waals surface area contributed by atoms with Gasteiger partial charge < -0.3 is 11.1 Å². The highest BCUT2D eigenvalue weighted by molar-refractivity contribution is 14.1. The molecule has 5 heteroatoms. The number of nitrogens with two attached hydrogens (primary N) is 1. The molecule has 0 atom stereocenters. The van der Waals surface area contributed by atoms with E-state index in [1.165, 1.54) is 0 Å². The Hall–Kier alpha value is -1.86. The second-order valence-corrected chi connectivity index (χ2v) is 6.93. The zero-order valence-electron chi connectivity index (χ0n) is 11.5. The smallest absolute Gasteiger partial charge is 0.255 e. The summed E-state index contributed by atoms with van der Waals surface area (Å²) < 4.78 is 1.09. The summed E-state index contributed by atoms with van der Waals surface area (Å²) in [5, 5.41) is 4.91. The summed E-state index contributed by atoms with van der Waals surface area (Å²) in [5.41, 5.74) is 8.83. The van der Waals surface area contributed by atoms with Crippen molar-refractivity contribution in [3.05, 3.63) is 69.1 Å². The van der Waals surface area contributed by atoms with Crippen LogP contribution in [-0.4, -0.2) is 5.91 Å². The van der Waals surface area contributed by atoms with Gasteiger partial charge in [-0.05, 0) is 76.0 Å². The number of thiophene rings is 1.